The zero-order chi connectivity index (χ0) is 20.4. The molecule has 0 radical (unpaired) electrons. The predicted molar refractivity (Wildman–Crippen MR) is 117 cm³/mol. The first-order valence-electron chi connectivity index (χ1n) is 9.84. The molecule has 1 atom stereocenters. The lowest BCUT2D eigenvalue weighted by Gasteiger charge is -2.12. The summed E-state index contributed by atoms with van der Waals surface area (Å²) < 4.78 is 2.80. The maximum atomic E-state index is 12.9. The Morgan fingerprint density at radius 3 is 2.93 bits per heavy atom. The Kier molecular flexibility index (Phi) is 5.77. The van der Waals surface area contributed by atoms with Crippen LogP contribution in [0.5, 0.6) is 0 Å². The van der Waals surface area contributed by atoms with Gasteiger partial charge in [-0.05, 0) is 50.2 Å². The van der Waals surface area contributed by atoms with Crippen molar-refractivity contribution < 1.29 is 4.79 Å². The van der Waals surface area contributed by atoms with Crippen molar-refractivity contribution in [2.45, 2.75) is 32.2 Å². The third-order valence-electron chi connectivity index (χ3n) is 4.91. The molecule has 29 heavy (non-hydrogen) atoms. The smallest absolute Gasteiger partial charge is 0.238 e. The van der Waals surface area contributed by atoms with Crippen LogP contribution in [0.1, 0.15) is 36.9 Å². The van der Waals surface area contributed by atoms with Gasteiger partial charge in [0.1, 0.15) is 5.92 Å². The molecule has 0 fully saturated rings. The molecule has 0 spiro atoms. The minimum Gasteiger partial charge on any atom is -0.354 e. The molecule has 152 valence electrons. The van der Waals surface area contributed by atoms with Crippen LogP contribution in [0.2, 0.25) is 0 Å². The number of benzene rings is 1. The van der Waals surface area contributed by atoms with Gasteiger partial charge in [-0.2, -0.15) is 10.1 Å². The number of amides is 1. The highest BCUT2D eigenvalue weighted by Crippen LogP contribution is 2.40. The number of aryl methyl sites for hydroxylation is 1. The zero-order valence-electron chi connectivity index (χ0n) is 16.5. The average molecular weight is 458 g/mol. The Balaban J connectivity index is 1.79. The lowest BCUT2D eigenvalue weighted by atomic mass is 9.95. The molecule has 1 aromatic carbocycles. The van der Waals surface area contributed by atoms with Crippen LogP contribution in [0.25, 0.3) is 11.0 Å². The molecule has 8 nitrogen and oxygen atoms in total. The van der Waals surface area contributed by atoms with Crippen LogP contribution in [0.15, 0.2) is 28.9 Å². The number of nitrogens with zero attached hydrogens (tertiary/aromatic N) is 4. The molecule has 1 aliphatic heterocycles. The van der Waals surface area contributed by atoms with Gasteiger partial charge in [0.25, 0.3) is 0 Å². The second kappa shape index (κ2) is 8.46. The average Bonchev–Trinajstić information content (AvgIpc) is 3.24. The topological polar surface area (TPSA) is 96.8 Å². The largest absolute Gasteiger partial charge is 0.354 e. The van der Waals surface area contributed by atoms with Gasteiger partial charge >= 0.3 is 0 Å². The van der Waals surface area contributed by atoms with Crippen molar-refractivity contribution in [1.29, 1.82) is 0 Å². The normalized spacial score (nSPS) is 15.6. The van der Waals surface area contributed by atoms with Crippen LogP contribution in [0, 0.1) is 0 Å². The molecule has 0 bridgehead atoms. The second-order valence-corrected chi connectivity index (χ2v) is 8.02. The highest BCUT2D eigenvalue weighted by Gasteiger charge is 2.35. The first kappa shape index (κ1) is 19.8. The Hall–Kier alpha value is -2.52. The van der Waals surface area contributed by atoms with E-state index in [4.69, 9.17) is 4.98 Å². The minimum atomic E-state index is -0.495. The number of hydrogen-bond acceptors (Lipinski definition) is 6. The summed E-state index contributed by atoms with van der Waals surface area (Å²) in [7, 11) is 1.93. The summed E-state index contributed by atoms with van der Waals surface area (Å²) in [5, 5.41) is 14.8. The molecule has 0 saturated carbocycles. The number of nitrogens with one attached hydrogen (secondary N) is 3. The molecular weight excluding hydrogens is 434 g/mol. The van der Waals surface area contributed by atoms with Crippen molar-refractivity contribution in [3.05, 3.63) is 40.1 Å². The molecule has 3 heterocycles. The molecule has 9 heteroatoms. The van der Waals surface area contributed by atoms with E-state index in [0.717, 1.165) is 53.6 Å². The van der Waals surface area contributed by atoms with Gasteiger partial charge < -0.3 is 16.0 Å². The fourth-order valence-electron chi connectivity index (χ4n) is 3.59. The first-order chi connectivity index (χ1) is 14.1. The number of halogens is 1. The number of anilines is 2. The van der Waals surface area contributed by atoms with Gasteiger partial charge in [-0.25, -0.2) is 4.98 Å². The summed E-state index contributed by atoms with van der Waals surface area (Å²) in [5.41, 5.74) is 3.02. The maximum Gasteiger partial charge on any atom is 0.238 e. The van der Waals surface area contributed by atoms with Crippen LogP contribution in [-0.4, -0.2) is 45.8 Å². The van der Waals surface area contributed by atoms with Gasteiger partial charge in [0.05, 0.1) is 11.1 Å². The highest BCUT2D eigenvalue weighted by atomic mass is 79.9. The van der Waals surface area contributed by atoms with Crippen molar-refractivity contribution in [3.63, 3.8) is 0 Å². The van der Waals surface area contributed by atoms with E-state index in [1.807, 2.05) is 36.1 Å². The Morgan fingerprint density at radius 2 is 2.14 bits per heavy atom. The van der Waals surface area contributed by atoms with Gasteiger partial charge in [-0.15, -0.1) is 0 Å². The highest BCUT2D eigenvalue weighted by molar-refractivity contribution is 9.10. The molecular formula is C20H24BrN7O. The molecule has 4 rings (SSSR count). The van der Waals surface area contributed by atoms with Gasteiger partial charge in [0.15, 0.2) is 5.65 Å². The third-order valence-corrected chi connectivity index (χ3v) is 5.41. The summed E-state index contributed by atoms with van der Waals surface area (Å²) in [6, 6.07) is 5.81. The number of aromatic nitrogens is 4. The van der Waals surface area contributed by atoms with E-state index in [1.165, 1.54) is 0 Å². The maximum absolute atomic E-state index is 12.9. The third kappa shape index (κ3) is 3.97. The van der Waals surface area contributed by atoms with E-state index in [9.17, 15) is 4.79 Å². The van der Waals surface area contributed by atoms with Crippen LogP contribution < -0.4 is 16.0 Å². The van der Waals surface area contributed by atoms with Gasteiger partial charge in [-0.1, -0.05) is 22.9 Å². The molecule has 2 aromatic heterocycles. The van der Waals surface area contributed by atoms with Crippen molar-refractivity contribution in [2.24, 2.45) is 0 Å². The molecule has 3 N–H and O–H groups in total. The van der Waals surface area contributed by atoms with Gasteiger partial charge in [0, 0.05) is 29.4 Å². The molecule has 1 unspecified atom stereocenters. The molecule has 3 aromatic rings. The number of fused-ring (bicyclic) bond motifs is 2. The van der Waals surface area contributed by atoms with E-state index in [1.54, 1.807) is 0 Å². The Bertz CT molecular complexity index is 1050. The standard InChI is InChI=1S/C20H24BrN7O/c1-3-9-28-11-14-17(16-13-10-12(21)5-6-15(13)24-19(16)29)25-20(26-18(14)27-28)23-8-4-7-22-2/h5-6,10-11,16,22H,3-4,7-9H2,1-2H3,(H,24,29)(H,23,26,27). The van der Waals surface area contributed by atoms with Crippen molar-refractivity contribution in [1.82, 2.24) is 25.1 Å². The summed E-state index contributed by atoms with van der Waals surface area (Å²) in [6.45, 7) is 4.53. The number of hydrogen-bond donors (Lipinski definition) is 3. The van der Waals surface area contributed by atoms with E-state index in [0.29, 0.717) is 17.3 Å². The van der Waals surface area contributed by atoms with Crippen molar-refractivity contribution in [2.75, 3.05) is 30.8 Å². The van der Waals surface area contributed by atoms with Crippen LogP contribution in [-0.2, 0) is 11.3 Å². The predicted octanol–water partition coefficient (Wildman–Crippen LogP) is 3.10. The SMILES string of the molecule is CCCn1cc2c(C3C(=O)Nc4ccc(Br)cc43)nc(NCCCNC)nc2n1. The number of rotatable bonds is 8. The lowest BCUT2D eigenvalue weighted by molar-refractivity contribution is -0.116. The molecule has 0 saturated heterocycles. The van der Waals surface area contributed by atoms with E-state index >= 15 is 0 Å². The van der Waals surface area contributed by atoms with E-state index in [2.05, 4.69) is 48.9 Å². The van der Waals surface area contributed by atoms with E-state index in [-0.39, 0.29) is 5.91 Å². The van der Waals surface area contributed by atoms with Crippen LogP contribution in [0.3, 0.4) is 0 Å². The van der Waals surface area contributed by atoms with Crippen molar-refractivity contribution in [3.8, 4) is 0 Å². The summed E-state index contributed by atoms with van der Waals surface area (Å²) in [6.07, 6.45) is 3.85. The summed E-state index contributed by atoms with van der Waals surface area (Å²) >= 11 is 3.52. The fraction of sp³-hybridized carbons (Fsp3) is 0.400. The van der Waals surface area contributed by atoms with Crippen LogP contribution >= 0.6 is 15.9 Å². The minimum absolute atomic E-state index is 0.0810. The molecule has 1 amide bonds. The Morgan fingerprint density at radius 1 is 1.28 bits per heavy atom. The first-order valence-corrected chi connectivity index (χ1v) is 10.6. The monoisotopic (exact) mass is 457 g/mol. The fourth-order valence-corrected chi connectivity index (χ4v) is 3.96. The summed E-state index contributed by atoms with van der Waals surface area (Å²) in [4.78, 5) is 22.2. The number of carbonyl (C=O) groups excluding carboxylic acids is 1. The lowest BCUT2D eigenvalue weighted by Crippen LogP contribution is -2.17. The van der Waals surface area contributed by atoms with Crippen LogP contribution in [0.4, 0.5) is 11.6 Å². The molecule has 0 aliphatic carbocycles. The van der Waals surface area contributed by atoms with Crippen molar-refractivity contribution >= 4 is 44.5 Å². The quantitative estimate of drug-likeness (QED) is 0.449. The second-order valence-electron chi connectivity index (χ2n) is 7.10. The molecule has 1 aliphatic rings. The zero-order valence-corrected chi connectivity index (χ0v) is 18.1. The van der Waals surface area contributed by atoms with Gasteiger partial charge in [0.2, 0.25) is 11.9 Å². The Labute approximate surface area is 177 Å². The summed E-state index contributed by atoms with van der Waals surface area (Å²) in [5.74, 6) is -0.0748. The van der Waals surface area contributed by atoms with E-state index < -0.39 is 5.92 Å². The van der Waals surface area contributed by atoms with Gasteiger partial charge in [-0.3, -0.25) is 9.48 Å². The number of carbonyl (C=O) groups is 1.